The number of aryl methyl sites for hydroxylation is 1. The summed E-state index contributed by atoms with van der Waals surface area (Å²) in [6.45, 7) is 3.29. The van der Waals surface area contributed by atoms with Crippen LogP contribution in [-0.2, 0) is 20.7 Å². The topological polar surface area (TPSA) is 99.4 Å². The molecule has 0 spiro atoms. The molecule has 0 amide bonds. The minimum Gasteiger partial charge on any atom is -0.460 e. The molecule has 1 aromatic rings. The van der Waals surface area contributed by atoms with Gasteiger partial charge in [0.05, 0.1) is 18.0 Å². The van der Waals surface area contributed by atoms with Crippen LogP contribution in [0.25, 0.3) is 0 Å². The van der Waals surface area contributed by atoms with Crippen LogP contribution in [0.15, 0.2) is 12.1 Å². The van der Waals surface area contributed by atoms with E-state index in [2.05, 4.69) is 9.72 Å². The number of hydrogen-bond donors (Lipinski definition) is 0. The van der Waals surface area contributed by atoms with Crippen molar-refractivity contribution in [3.05, 3.63) is 33.6 Å². The van der Waals surface area contributed by atoms with Gasteiger partial charge in [0.1, 0.15) is 5.69 Å². The third-order valence-electron chi connectivity index (χ3n) is 2.12. The van der Waals surface area contributed by atoms with Crippen molar-refractivity contribution in [2.24, 2.45) is 0 Å². The fraction of sp³-hybridized carbons (Fsp3) is 0.364. The Morgan fingerprint density at radius 1 is 1.44 bits per heavy atom. The molecule has 96 valence electrons. The Morgan fingerprint density at radius 3 is 2.67 bits per heavy atom. The molecule has 1 aromatic heterocycles. The number of ether oxygens (including phenoxy) is 1. The highest BCUT2D eigenvalue weighted by Gasteiger charge is 2.22. The molecule has 0 N–H and O–H groups in total. The van der Waals surface area contributed by atoms with Crippen LogP contribution >= 0.6 is 0 Å². The first-order valence-corrected chi connectivity index (χ1v) is 5.26. The smallest absolute Gasteiger partial charge is 0.375 e. The standard InChI is InChI=1S/C11H12N2O5/c1-3-18-11(15)10(14)6-8-9(13(16)17)5-4-7(2)12-8/h4-5H,3,6H2,1-2H3. The second-order valence-electron chi connectivity index (χ2n) is 3.50. The Kier molecular flexibility index (Phi) is 4.47. The predicted molar refractivity (Wildman–Crippen MR) is 61.0 cm³/mol. The van der Waals surface area contributed by atoms with E-state index < -0.39 is 23.1 Å². The Bertz CT molecular complexity index is 498. The lowest BCUT2D eigenvalue weighted by molar-refractivity contribution is -0.385. The predicted octanol–water partition coefficient (Wildman–Crippen LogP) is 0.973. The van der Waals surface area contributed by atoms with Gasteiger partial charge in [-0.2, -0.15) is 0 Å². The van der Waals surface area contributed by atoms with Crippen molar-refractivity contribution in [3.63, 3.8) is 0 Å². The minimum atomic E-state index is -1.00. The maximum absolute atomic E-state index is 11.5. The Hall–Kier alpha value is -2.31. The van der Waals surface area contributed by atoms with Crippen molar-refractivity contribution in [3.8, 4) is 0 Å². The van der Waals surface area contributed by atoms with E-state index in [1.165, 1.54) is 12.1 Å². The number of rotatable bonds is 5. The number of Topliss-reactive ketones (excluding diaryl/α,β-unsaturated/α-hetero) is 1. The lowest BCUT2D eigenvalue weighted by atomic mass is 10.1. The van der Waals surface area contributed by atoms with E-state index >= 15 is 0 Å². The second kappa shape index (κ2) is 5.85. The molecule has 0 saturated carbocycles. The first-order valence-electron chi connectivity index (χ1n) is 5.26. The lowest BCUT2D eigenvalue weighted by Crippen LogP contribution is -2.20. The molecule has 1 rings (SSSR count). The third-order valence-corrected chi connectivity index (χ3v) is 2.12. The molecule has 0 aromatic carbocycles. The molecule has 0 aliphatic rings. The average Bonchev–Trinajstić information content (AvgIpc) is 2.28. The number of aromatic nitrogens is 1. The number of hydrogen-bond acceptors (Lipinski definition) is 6. The molecule has 0 fully saturated rings. The zero-order chi connectivity index (χ0) is 13.7. The normalized spacial score (nSPS) is 9.89. The van der Waals surface area contributed by atoms with Gasteiger partial charge in [0.2, 0.25) is 5.78 Å². The summed E-state index contributed by atoms with van der Waals surface area (Å²) in [7, 11) is 0. The monoisotopic (exact) mass is 252 g/mol. The van der Waals surface area contributed by atoms with Crippen molar-refractivity contribution < 1.29 is 19.2 Å². The van der Waals surface area contributed by atoms with E-state index in [0.717, 1.165) is 0 Å². The highest BCUT2D eigenvalue weighted by molar-refractivity contribution is 6.34. The van der Waals surface area contributed by atoms with Gasteiger partial charge in [-0.15, -0.1) is 0 Å². The fourth-order valence-electron chi connectivity index (χ4n) is 1.34. The van der Waals surface area contributed by atoms with Crippen LogP contribution in [0.5, 0.6) is 0 Å². The number of nitro groups is 1. The van der Waals surface area contributed by atoms with Crippen molar-refractivity contribution in [1.29, 1.82) is 0 Å². The quantitative estimate of drug-likeness (QED) is 0.335. The first-order chi connectivity index (χ1) is 8.45. The highest BCUT2D eigenvalue weighted by atomic mass is 16.6. The molecule has 18 heavy (non-hydrogen) atoms. The van der Waals surface area contributed by atoms with E-state index in [4.69, 9.17) is 0 Å². The SMILES string of the molecule is CCOC(=O)C(=O)Cc1nc(C)ccc1[N+](=O)[O-]. The first kappa shape index (κ1) is 13.8. The van der Waals surface area contributed by atoms with Crippen LogP contribution in [0.3, 0.4) is 0 Å². The molecule has 0 atom stereocenters. The zero-order valence-corrected chi connectivity index (χ0v) is 10.0. The third kappa shape index (κ3) is 3.34. The Labute approximate surface area is 103 Å². The largest absolute Gasteiger partial charge is 0.460 e. The Morgan fingerprint density at radius 2 is 2.11 bits per heavy atom. The fourth-order valence-corrected chi connectivity index (χ4v) is 1.34. The van der Waals surface area contributed by atoms with E-state index in [1.54, 1.807) is 13.8 Å². The van der Waals surface area contributed by atoms with Gasteiger partial charge < -0.3 is 4.74 Å². The average molecular weight is 252 g/mol. The zero-order valence-electron chi connectivity index (χ0n) is 10.0. The van der Waals surface area contributed by atoms with E-state index in [9.17, 15) is 19.7 Å². The molecule has 0 aliphatic carbocycles. The van der Waals surface area contributed by atoms with Crippen LogP contribution in [0.2, 0.25) is 0 Å². The number of pyridine rings is 1. The second-order valence-corrected chi connectivity index (χ2v) is 3.50. The van der Waals surface area contributed by atoms with Gasteiger partial charge in [0.15, 0.2) is 0 Å². The summed E-state index contributed by atoms with van der Waals surface area (Å²) in [4.78, 5) is 36.6. The number of ketones is 1. The summed E-state index contributed by atoms with van der Waals surface area (Å²) in [5, 5.41) is 10.7. The molecule has 0 aliphatic heterocycles. The maximum atomic E-state index is 11.5. The van der Waals surface area contributed by atoms with Gasteiger partial charge >= 0.3 is 5.97 Å². The number of carbonyl (C=O) groups excluding carboxylic acids is 2. The molecular weight excluding hydrogens is 240 g/mol. The summed E-state index contributed by atoms with van der Waals surface area (Å²) in [5.41, 5.74) is 0.226. The number of esters is 1. The maximum Gasteiger partial charge on any atom is 0.375 e. The highest BCUT2D eigenvalue weighted by Crippen LogP contribution is 2.17. The molecular formula is C11H12N2O5. The summed E-state index contributed by atoms with van der Waals surface area (Å²) in [6, 6.07) is 2.73. The summed E-state index contributed by atoms with van der Waals surface area (Å²) >= 11 is 0. The van der Waals surface area contributed by atoms with Crippen molar-refractivity contribution in [1.82, 2.24) is 4.98 Å². The van der Waals surface area contributed by atoms with Gasteiger partial charge in [-0.25, -0.2) is 4.79 Å². The van der Waals surface area contributed by atoms with Crippen LogP contribution in [0.1, 0.15) is 18.3 Å². The van der Waals surface area contributed by atoms with Crippen LogP contribution in [0.4, 0.5) is 5.69 Å². The Balaban J connectivity index is 2.96. The molecule has 1 heterocycles. The van der Waals surface area contributed by atoms with E-state index in [1.807, 2.05) is 0 Å². The van der Waals surface area contributed by atoms with Gasteiger partial charge in [0, 0.05) is 11.8 Å². The van der Waals surface area contributed by atoms with Crippen molar-refractivity contribution >= 4 is 17.4 Å². The van der Waals surface area contributed by atoms with Gasteiger partial charge in [-0.3, -0.25) is 19.9 Å². The molecule has 0 saturated heterocycles. The molecule has 0 bridgehead atoms. The summed E-state index contributed by atoms with van der Waals surface area (Å²) in [6.07, 6.45) is -0.434. The van der Waals surface area contributed by atoms with Gasteiger partial charge in [0.25, 0.3) is 5.69 Å². The molecule has 0 unspecified atom stereocenters. The molecule has 0 radical (unpaired) electrons. The molecule has 7 nitrogen and oxygen atoms in total. The number of nitrogens with zero attached hydrogens (tertiary/aromatic N) is 2. The molecule has 7 heteroatoms. The van der Waals surface area contributed by atoms with Gasteiger partial charge in [-0.05, 0) is 19.9 Å². The van der Waals surface area contributed by atoms with Crippen LogP contribution < -0.4 is 0 Å². The van der Waals surface area contributed by atoms with Crippen LogP contribution in [0, 0.1) is 17.0 Å². The van der Waals surface area contributed by atoms with Crippen molar-refractivity contribution in [2.45, 2.75) is 20.3 Å². The van der Waals surface area contributed by atoms with Gasteiger partial charge in [-0.1, -0.05) is 0 Å². The lowest BCUT2D eigenvalue weighted by Gasteiger charge is -2.03. The van der Waals surface area contributed by atoms with Crippen LogP contribution in [-0.4, -0.2) is 28.3 Å². The number of carbonyl (C=O) groups is 2. The van der Waals surface area contributed by atoms with E-state index in [-0.39, 0.29) is 18.0 Å². The van der Waals surface area contributed by atoms with Crippen molar-refractivity contribution in [2.75, 3.05) is 6.61 Å². The summed E-state index contributed by atoms with van der Waals surface area (Å²) < 4.78 is 4.52. The summed E-state index contributed by atoms with van der Waals surface area (Å²) in [5.74, 6) is -1.85. The minimum absolute atomic E-state index is 0.0296. The van der Waals surface area contributed by atoms with E-state index in [0.29, 0.717) is 5.69 Å².